The van der Waals surface area contributed by atoms with E-state index in [0.717, 1.165) is 24.1 Å². The third-order valence-corrected chi connectivity index (χ3v) is 4.09. The first-order chi connectivity index (χ1) is 12.2. The lowest BCUT2D eigenvalue weighted by Crippen LogP contribution is -2.07. The summed E-state index contributed by atoms with van der Waals surface area (Å²) >= 11 is 5.85. The minimum Gasteiger partial charge on any atom is -0.351 e. The maximum absolute atomic E-state index is 13.3. The maximum atomic E-state index is 13.3. The van der Waals surface area contributed by atoms with Crippen molar-refractivity contribution in [1.29, 1.82) is 0 Å². The van der Waals surface area contributed by atoms with Crippen molar-refractivity contribution in [3.8, 4) is 11.3 Å². The van der Waals surface area contributed by atoms with E-state index in [-0.39, 0.29) is 5.02 Å². The molecule has 2 aromatic heterocycles. The van der Waals surface area contributed by atoms with Crippen molar-refractivity contribution in [1.82, 2.24) is 15.0 Å². The van der Waals surface area contributed by atoms with Gasteiger partial charge in [0.2, 0.25) is 5.95 Å². The van der Waals surface area contributed by atoms with E-state index in [4.69, 9.17) is 11.6 Å². The Hall–Kier alpha value is -2.73. The standard InChI is InChI=1S/C18H15ClFN5/c19-14-9-13(3-4-15(14)20)22-17-10-16(11-5-7-21-8-6-11)24-18(25-17)23-12-1-2-12/h3-10,12H,1-2H2,(H2,22,23,24,25). The highest BCUT2D eigenvalue weighted by Crippen LogP contribution is 2.28. The summed E-state index contributed by atoms with van der Waals surface area (Å²) in [6.45, 7) is 0. The molecule has 25 heavy (non-hydrogen) atoms. The molecule has 0 amide bonds. The number of benzene rings is 1. The fourth-order valence-electron chi connectivity index (χ4n) is 2.38. The molecule has 7 heteroatoms. The summed E-state index contributed by atoms with van der Waals surface area (Å²) in [5.74, 6) is 0.712. The lowest BCUT2D eigenvalue weighted by atomic mass is 10.2. The van der Waals surface area contributed by atoms with Crippen LogP contribution in [0, 0.1) is 5.82 Å². The molecule has 1 aliphatic carbocycles. The molecule has 1 fully saturated rings. The molecule has 1 aromatic carbocycles. The van der Waals surface area contributed by atoms with Crippen LogP contribution in [0.2, 0.25) is 5.02 Å². The fraction of sp³-hybridized carbons (Fsp3) is 0.167. The van der Waals surface area contributed by atoms with Crippen molar-refractivity contribution in [3.05, 3.63) is 59.6 Å². The van der Waals surface area contributed by atoms with Gasteiger partial charge in [0.05, 0.1) is 10.7 Å². The lowest BCUT2D eigenvalue weighted by Gasteiger charge is -2.11. The molecule has 2 N–H and O–H groups in total. The van der Waals surface area contributed by atoms with Crippen molar-refractivity contribution in [3.63, 3.8) is 0 Å². The van der Waals surface area contributed by atoms with E-state index in [1.807, 2.05) is 18.2 Å². The number of anilines is 3. The molecule has 0 bridgehead atoms. The topological polar surface area (TPSA) is 62.7 Å². The van der Waals surface area contributed by atoms with Crippen LogP contribution in [0.5, 0.6) is 0 Å². The van der Waals surface area contributed by atoms with E-state index < -0.39 is 5.82 Å². The monoisotopic (exact) mass is 355 g/mol. The van der Waals surface area contributed by atoms with E-state index in [0.29, 0.717) is 23.5 Å². The van der Waals surface area contributed by atoms with Gasteiger partial charge in [-0.25, -0.2) is 9.37 Å². The third-order valence-electron chi connectivity index (χ3n) is 3.80. The quantitative estimate of drug-likeness (QED) is 0.697. The molecule has 5 nitrogen and oxygen atoms in total. The first-order valence-corrected chi connectivity index (χ1v) is 8.33. The van der Waals surface area contributed by atoms with Crippen LogP contribution in [0.25, 0.3) is 11.3 Å². The van der Waals surface area contributed by atoms with Crippen molar-refractivity contribution in [2.75, 3.05) is 10.6 Å². The minimum atomic E-state index is -0.455. The first kappa shape index (κ1) is 15.8. The minimum absolute atomic E-state index is 0.0599. The maximum Gasteiger partial charge on any atom is 0.225 e. The number of hydrogen-bond donors (Lipinski definition) is 2. The second-order valence-corrected chi connectivity index (χ2v) is 6.28. The summed E-state index contributed by atoms with van der Waals surface area (Å²) in [6.07, 6.45) is 5.69. The Morgan fingerprint density at radius 3 is 2.56 bits per heavy atom. The molecule has 0 unspecified atom stereocenters. The van der Waals surface area contributed by atoms with Gasteiger partial charge in [-0.2, -0.15) is 4.98 Å². The zero-order chi connectivity index (χ0) is 17.2. The molecule has 1 saturated carbocycles. The summed E-state index contributed by atoms with van der Waals surface area (Å²) in [5.41, 5.74) is 2.37. The van der Waals surface area contributed by atoms with Gasteiger partial charge in [0.25, 0.3) is 0 Å². The number of halogens is 2. The largest absolute Gasteiger partial charge is 0.351 e. The molecule has 0 radical (unpaired) electrons. The molecule has 3 aromatic rings. The van der Waals surface area contributed by atoms with Crippen LogP contribution in [0.15, 0.2) is 48.8 Å². The predicted octanol–water partition coefficient (Wildman–Crippen LogP) is 4.65. The van der Waals surface area contributed by atoms with Gasteiger partial charge in [0.15, 0.2) is 0 Å². The Morgan fingerprint density at radius 2 is 1.84 bits per heavy atom. The first-order valence-electron chi connectivity index (χ1n) is 7.95. The Morgan fingerprint density at radius 1 is 1.04 bits per heavy atom. The third kappa shape index (κ3) is 3.85. The molecule has 1 aliphatic rings. The predicted molar refractivity (Wildman–Crippen MR) is 96.6 cm³/mol. The van der Waals surface area contributed by atoms with Gasteiger partial charge < -0.3 is 10.6 Å². The van der Waals surface area contributed by atoms with Crippen LogP contribution in [0.1, 0.15) is 12.8 Å². The van der Waals surface area contributed by atoms with Crippen molar-refractivity contribution < 1.29 is 4.39 Å². The summed E-state index contributed by atoms with van der Waals surface area (Å²) in [7, 11) is 0. The molecule has 0 spiro atoms. The number of nitrogens with one attached hydrogen (secondary N) is 2. The van der Waals surface area contributed by atoms with E-state index >= 15 is 0 Å². The van der Waals surface area contributed by atoms with Gasteiger partial charge in [0, 0.05) is 35.8 Å². The number of aromatic nitrogens is 3. The Kier molecular flexibility index (Phi) is 4.19. The Bertz CT molecular complexity index is 899. The van der Waals surface area contributed by atoms with Gasteiger partial charge in [-0.3, -0.25) is 4.98 Å². The number of hydrogen-bond acceptors (Lipinski definition) is 5. The second-order valence-electron chi connectivity index (χ2n) is 5.87. The Labute approximate surface area is 149 Å². The molecular formula is C18H15ClFN5. The van der Waals surface area contributed by atoms with Crippen molar-refractivity contribution in [2.24, 2.45) is 0 Å². The van der Waals surface area contributed by atoms with Crippen LogP contribution in [-0.2, 0) is 0 Å². The van der Waals surface area contributed by atoms with Crippen LogP contribution >= 0.6 is 11.6 Å². The highest BCUT2D eigenvalue weighted by molar-refractivity contribution is 6.31. The molecule has 0 saturated heterocycles. The number of nitrogens with zero attached hydrogens (tertiary/aromatic N) is 3. The number of rotatable bonds is 5. The zero-order valence-electron chi connectivity index (χ0n) is 13.2. The zero-order valence-corrected chi connectivity index (χ0v) is 14.0. The van der Waals surface area contributed by atoms with Gasteiger partial charge >= 0.3 is 0 Å². The van der Waals surface area contributed by atoms with E-state index in [1.165, 1.54) is 12.1 Å². The SMILES string of the molecule is Fc1ccc(Nc2cc(-c3ccncc3)nc(NC3CC3)n2)cc1Cl. The second kappa shape index (κ2) is 6.64. The molecule has 4 rings (SSSR count). The fourth-order valence-corrected chi connectivity index (χ4v) is 2.56. The van der Waals surface area contributed by atoms with Crippen LogP contribution in [0.3, 0.4) is 0 Å². The molecule has 126 valence electrons. The van der Waals surface area contributed by atoms with E-state index in [1.54, 1.807) is 18.5 Å². The summed E-state index contributed by atoms with van der Waals surface area (Å²) in [5, 5.41) is 6.53. The van der Waals surface area contributed by atoms with Gasteiger partial charge in [-0.05, 0) is 43.2 Å². The van der Waals surface area contributed by atoms with Crippen LogP contribution in [0.4, 0.5) is 21.8 Å². The van der Waals surface area contributed by atoms with Gasteiger partial charge in [0.1, 0.15) is 11.6 Å². The van der Waals surface area contributed by atoms with Crippen molar-refractivity contribution >= 4 is 29.1 Å². The molecule has 0 atom stereocenters. The van der Waals surface area contributed by atoms with E-state index in [2.05, 4.69) is 25.6 Å². The van der Waals surface area contributed by atoms with Crippen LogP contribution < -0.4 is 10.6 Å². The van der Waals surface area contributed by atoms with Gasteiger partial charge in [-0.1, -0.05) is 11.6 Å². The molecular weight excluding hydrogens is 341 g/mol. The lowest BCUT2D eigenvalue weighted by molar-refractivity contribution is 0.628. The van der Waals surface area contributed by atoms with E-state index in [9.17, 15) is 4.39 Å². The normalized spacial score (nSPS) is 13.5. The number of pyridine rings is 1. The summed E-state index contributed by atoms with van der Waals surface area (Å²) in [6, 6.07) is 10.5. The van der Waals surface area contributed by atoms with Crippen LogP contribution in [-0.4, -0.2) is 21.0 Å². The molecule has 2 heterocycles. The average Bonchev–Trinajstić information content (AvgIpc) is 3.43. The smallest absolute Gasteiger partial charge is 0.225 e. The summed E-state index contributed by atoms with van der Waals surface area (Å²) in [4.78, 5) is 13.1. The molecule has 0 aliphatic heterocycles. The Balaban J connectivity index is 1.68. The highest BCUT2D eigenvalue weighted by atomic mass is 35.5. The van der Waals surface area contributed by atoms with Gasteiger partial charge in [-0.15, -0.1) is 0 Å². The highest BCUT2D eigenvalue weighted by Gasteiger charge is 2.22. The summed E-state index contributed by atoms with van der Waals surface area (Å²) < 4.78 is 13.3. The average molecular weight is 356 g/mol. The van der Waals surface area contributed by atoms with Crippen molar-refractivity contribution in [2.45, 2.75) is 18.9 Å².